The molecule has 4 N–H and O–H groups in total. The number of nitrogens with one attached hydrogen (secondary N) is 1. The number of hydrogen-bond acceptors (Lipinski definition) is 4. The predicted octanol–water partition coefficient (Wildman–Crippen LogP) is -1.18. The van der Waals surface area contributed by atoms with Gasteiger partial charge in [0.25, 0.3) is 0 Å². The van der Waals surface area contributed by atoms with Gasteiger partial charge in [-0.2, -0.15) is 0 Å². The van der Waals surface area contributed by atoms with E-state index in [4.69, 9.17) is 10.9 Å². The van der Waals surface area contributed by atoms with Gasteiger partial charge in [-0.15, -0.1) is 0 Å². The molecule has 1 aliphatic rings. The average Bonchev–Trinajstić information content (AvgIpc) is 1.98. The van der Waals surface area contributed by atoms with Gasteiger partial charge in [-0.1, -0.05) is 0 Å². The maximum Gasteiger partial charge on any atom is 0.176 e. The van der Waals surface area contributed by atoms with Crippen molar-refractivity contribution in [2.75, 3.05) is 0 Å². The van der Waals surface area contributed by atoms with E-state index in [0.29, 0.717) is 0 Å². The molecule has 0 amide bonds. The second-order valence-corrected chi connectivity index (χ2v) is 2.52. The molecule has 9 heavy (non-hydrogen) atoms. The summed E-state index contributed by atoms with van der Waals surface area (Å²) in [7, 11) is 0. The molecule has 3 unspecified atom stereocenters. The highest BCUT2D eigenvalue weighted by Gasteiger charge is 2.31. The average molecular weight is 131 g/mol. The summed E-state index contributed by atoms with van der Waals surface area (Å²) >= 11 is 0. The van der Waals surface area contributed by atoms with E-state index in [-0.39, 0.29) is 12.1 Å². The summed E-state index contributed by atoms with van der Waals surface area (Å²) in [5, 5.41) is 13.3. The van der Waals surface area contributed by atoms with E-state index >= 15 is 0 Å². The number of hydrazine groups is 1. The van der Waals surface area contributed by atoms with Crippen LogP contribution in [-0.4, -0.2) is 28.6 Å². The van der Waals surface area contributed by atoms with E-state index in [1.165, 1.54) is 5.01 Å². The Labute approximate surface area is 54.6 Å². The smallest absolute Gasteiger partial charge is 0.176 e. The molecule has 1 rings (SSSR count). The summed E-state index contributed by atoms with van der Waals surface area (Å²) in [6, 6.07) is 0.477. The molecule has 1 saturated heterocycles. The Morgan fingerprint density at radius 1 is 1.56 bits per heavy atom. The molecule has 54 valence electrons. The molecule has 0 aliphatic carbocycles. The molecule has 0 aromatic rings. The van der Waals surface area contributed by atoms with Crippen LogP contribution >= 0.6 is 0 Å². The number of hydrogen-bond donors (Lipinski definition) is 3. The summed E-state index contributed by atoms with van der Waals surface area (Å²) in [5.41, 5.74) is 0. The Balaban J connectivity index is 2.54. The largest absolute Gasteiger partial charge is 0.364 e. The minimum absolute atomic E-state index is 0.208. The fourth-order valence-electron chi connectivity index (χ4n) is 0.941. The summed E-state index contributed by atoms with van der Waals surface area (Å²) in [5.74, 6) is 5.43. The zero-order valence-corrected chi connectivity index (χ0v) is 5.70. The van der Waals surface area contributed by atoms with Gasteiger partial charge in [0.05, 0.1) is 0 Å². The zero-order valence-electron chi connectivity index (χ0n) is 5.70. The van der Waals surface area contributed by atoms with Crippen LogP contribution in [0.3, 0.4) is 0 Å². The predicted molar refractivity (Wildman–Crippen MR) is 34.1 cm³/mol. The molecule has 0 aromatic heterocycles. The molecule has 3 atom stereocenters. The van der Waals surface area contributed by atoms with Gasteiger partial charge >= 0.3 is 0 Å². The van der Waals surface area contributed by atoms with Gasteiger partial charge in [-0.3, -0.25) is 11.2 Å². The van der Waals surface area contributed by atoms with Gasteiger partial charge in [-0.05, 0) is 13.8 Å². The van der Waals surface area contributed by atoms with Crippen LogP contribution in [0, 0.1) is 0 Å². The number of nitrogens with two attached hydrogens (primary N) is 1. The second-order valence-electron chi connectivity index (χ2n) is 2.52. The monoisotopic (exact) mass is 131 g/mol. The van der Waals surface area contributed by atoms with Gasteiger partial charge in [-0.25, -0.2) is 5.01 Å². The minimum atomic E-state index is -0.671. The van der Waals surface area contributed by atoms with Crippen LogP contribution in [0.2, 0.25) is 0 Å². The van der Waals surface area contributed by atoms with Gasteiger partial charge in [0, 0.05) is 12.1 Å². The fraction of sp³-hybridized carbons (Fsp3) is 1.00. The van der Waals surface area contributed by atoms with Crippen molar-refractivity contribution < 1.29 is 5.11 Å². The number of rotatable bonds is 0. The Morgan fingerprint density at radius 3 is 2.22 bits per heavy atom. The first kappa shape index (κ1) is 6.95. The highest BCUT2D eigenvalue weighted by atomic mass is 16.3. The van der Waals surface area contributed by atoms with Crippen LogP contribution in [0.25, 0.3) is 0 Å². The summed E-state index contributed by atoms with van der Waals surface area (Å²) in [6.45, 7) is 3.95. The van der Waals surface area contributed by atoms with Crippen LogP contribution in [-0.2, 0) is 0 Å². The molecule has 1 aliphatic heterocycles. The highest BCUT2D eigenvalue weighted by Crippen LogP contribution is 2.09. The lowest BCUT2D eigenvalue weighted by molar-refractivity contribution is 0.00663. The third-order valence-corrected chi connectivity index (χ3v) is 1.89. The van der Waals surface area contributed by atoms with Crippen LogP contribution < -0.4 is 11.2 Å². The van der Waals surface area contributed by atoms with Crippen LogP contribution in [0.15, 0.2) is 0 Å². The van der Waals surface area contributed by atoms with E-state index in [1.807, 2.05) is 13.8 Å². The van der Waals surface area contributed by atoms with Crippen molar-refractivity contribution in [1.29, 1.82) is 0 Å². The Morgan fingerprint density at radius 2 is 2.11 bits per heavy atom. The van der Waals surface area contributed by atoms with E-state index in [2.05, 4.69) is 5.32 Å². The zero-order chi connectivity index (χ0) is 7.02. The SMILES string of the molecule is CC1NC(O)N(N)C1C. The topological polar surface area (TPSA) is 61.5 Å². The molecular formula is C5H13N3O. The first-order valence-electron chi connectivity index (χ1n) is 3.10. The van der Waals surface area contributed by atoms with Gasteiger partial charge in [0.15, 0.2) is 6.35 Å². The summed E-state index contributed by atoms with van der Waals surface area (Å²) < 4.78 is 0. The van der Waals surface area contributed by atoms with Gasteiger partial charge in [0.1, 0.15) is 0 Å². The highest BCUT2D eigenvalue weighted by molar-refractivity contribution is 4.82. The molecule has 4 heteroatoms. The fourth-order valence-corrected chi connectivity index (χ4v) is 0.941. The lowest BCUT2D eigenvalue weighted by atomic mass is 10.2. The third-order valence-electron chi connectivity index (χ3n) is 1.89. The molecule has 0 aromatic carbocycles. The quantitative estimate of drug-likeness (QED) is 0.362. The van der Waals surface area contributed by atoms with E-state index < -0.39 is 6.35 Å². The van der Waals surface area contributed by atoms with Crippen molar-refractivity contribution in [2.45, 2.75) is 32.3 Å². The van der Waals surface area contributed by atoms with Crippen molar-refractivity contribution in [3.8, 4) is 0 Å². The lowest BCUT2D eigenvalue weighted by Gasteiger charge is -2.16. The molecular weight excluding hydrogens is 118 g/mol. The first-order chi connectivity index (χ1) is 4.13. The standard InChI is InChI=1S/C5H13N3O/c1-3-4(2)8(6)5(9)7-3/h3-5,7,9H,6H2,1-2H3. The minimum Gasteiger partial charge on any atom is -0.364 e. The van der Waals surface area contributed by atoms with Gasteiger partial charge in [0.2, 0.25) is 0 Å². The van der Waals surface area contributed by atoms with Crippen molar-refractivity contribution in [3.05, 3.63) is 0 Å². The van der Waals surface area contributed by atoms with E-state index in [1.54, 1.807) is 0 Å². The Kier molecular flexibility index (Phi) is 1.72. The summed E-state index contributed by atoms with van der Waals surface area (Å²) in [6.07, 6.45) is -0.671. The maximum absolute atomic E-state index is 9.03. The molecule has 4 nitrogen and oxygen atoms in total. The van der Waals surface area contributed by atoms with Crippen LogP contribution in [0.1, 0.15) is 13.8 Å². The van der Waals surface area contributed by atoms with E-state index in [0.717, 1.165) is 0 Å². The Hall–Kier alpha value is -0.160. The van der Waals surface area contributed by atoms with Crippen molar-refractivity contribution in [1.82, 2.24) is 10.3 Å². The number of nitrogens with zero attached hydrogens (tertiary/aromatic N) is 1. The van der Waals surface area contributed by atoms with Gasteiger partial charge < -0.3 is 5.11 Å². The maximum atomic E-state index is 9.03. The lowest BCUT2D eigenvalue weighted by Crippen LogP contribution is -2.43. The molecule has 1 fully saturated rings. The molecule has 1 heterocycles. The molecule has 0 bridgehead atoms. The molecule has 0 spiro atoms. The molecule has 0 radical (unpaired) electrons. The Bertz CT molecular complexity index is 96.4. The van der Waals surface area contributed by atoms with Crippen LogP contribution in [0.5, 0.6) is 0 Å². The normalized spacial score (nSPS) is 46.0. The third kappa shape index (κ3) is 1.07. The van der Waals surface area contributed by atoms with Crippen molar-refractivity contribution in [3.63, 3.8) is 0 Å². The van der Waals surface area contributed by atoms with Crippen molar-refractivity contribution >= 4 is 0 Å². The van der Waals surface area contributed by atoms with Crippen LogP contribution in [0.4, 0.5) is 0 Å². The first-order valence-corrected chi connectivity index (χ1v) is 3.10. The number of aliphatic hydroxyl groups is 1. The van der Waals surface area contributed by atoms with Crippen molar-refractivity contribution in [2.24, 2.45) is 5.84 Å². The second kappa shape index (κ2) is 2.22. The number of aliphatic hydroxyl groups excluding tert-OH is 1. The summed E-state index contributed by atoms with van der Waals surface area (Å²) in [4.78, 5) is 0. The van der Waals surface area contributed by atoms with E-state index in [9.17, 15) is 0 Å². The molecule has 0 saturated carbocycles.